The van der Waals surface area contributed by atoms with Gasteiger partial charge in [-0.1, -0.05) is 6.92 Å². The monoisotopic (exact) mass is 290 g/mol. The van der Waals surface area contributed by atoms with Crippen LogP contribution in [0.3, 0.4) is 0 Å². The Morgan fingerprint density at radius 1 is 1.48 bits per heavy atom. The molecule has 2 rings (SSSR count). The van der Waals surface area contributed by atoms with Gasteiger partial charge in [0.2, 0.25) is 0 Å². The maximum atomic E-state index is 12.4. The third-order valence-corrected chi connectivity index (χ3v) is 4.10. The second-order valence-electron chi connectivity index (χ2n) is 5.63. The Hall–Kier alpha value is -1.62. The number of anilines is 1. The fraction of sp³-hybridized carbons (Fsp3) is 0.625. The van der Waals surface area contributed by atoms with E-state index in [2.05, 4.69) is 23.7 Å². The molecule has 1 aromatic heterocycles. The summed E-state index contributed by atoms with van der Waals surface area (Å²) in [6.07, 6.45) is 3.80. The summed E-state index contributed by atoms with van der Waals surface area (Å²) in [4.78, 5) is 21.0. The van der Waals surface area contributed by atoms with E-state index in [-0.39, 0.29) is 5.91 Å². The van der Waals surface area contributed by atoms with Crippen LogP contribution in [0.25, 0.3) is 0 Å². The molecule has 1 unspecified atom stereocenters. The molecule has 1 fully saturated rings. The zero-order valence-corrected chi connectivity index (χ0v) is 13.1. The van der Waals surface area contributed by atoms with E-state index in [1.807, 2.05) is 17.0 Å². The number of pyridine rings is 1. The first-order valence-electron chi connectivity index (χ1n) is 7.89. The van der Waals surface area contributed by atoms with Gasteiger partial charge in [-0.25, -0.2) is 4.98 Å². The molecule has 2 heterocycles. The summed E-state index contributed by atoms with van der Waals surface area (Å²) in [5.41, 5.74) is 6.35. The Bertz CT molecular complexity index is 460. The summed E-state index contributed by atoms with van der Waals surface area (Å²) in [7, 11) is 0. The van der Waals surface area contributed by atoms with E-state index in [1.54, 1.807) is 6.20 Å². The average molecular weight is 290 g/mol. The topological polar surface area (TPSA) is 62.5 Å². The molecule has 0 radical (unpaired) electrons. The number of carbonyl (C=O) groups excluding carboxylic acids is 1. The van der Waals surface area contributed by atoms with Gasteiger partial charge in [0.05, 0.1) is 5.56 Å². The molecule has 1 amide bonds. The number of rotatable bonds is 6. The summed E-state index contributed by atoms with van der Waals surface area (Å²) in [6.45, 7) is 8.42. The highest BCUT2D eigenvalue weighted by atomic mass is 16.2. The lowest BCUT2D eigenvalue weighted by molar-refractivity contribution is 0.0787. The molecule has 0 spiro atoms. The van der Waals surface area contributed by atoms with Crippen molar-refractivity contribution in [2.24, 2.45) is 11.7 Å². The maximum absolute atomic E-state index is 12.4. The lowest BCUT2D eigenvalue weighted by Gasteiger charge is -2.21. The highest BCUT2D eigenvalue weighted by molar-refractivity contribution is 5.94. The van der Waals surface area contributed by atoms with Crippen LogP contribution in [0.1, 0.15) is 37.0 Å². The molecular formula is C16H26N4O. The van der Waals surface area contributed by atoms with Crippen LogP contribution in [0.5, 0.6) is 0 Å². The molecule has 5 heteroatoms. The predicted octanol–water partition coefficient (Wildman–Crippen LogP) is 1.74. The second-order valence-corrected chi connectivity index (χ2v) is 5.63. The molecular weight excluding hydrogens is 264 g/mol. The lowest BCUT2D eigenvalue weighted by atomic mass is 10.1. The standard InChI is InChI=1S/C16H26N4O/c1-3-8-19(4-2)15-6-5-14(11-18-15)16(21)20-9-7-13(10-17)12-20/h5-6,11,13H,3-4,7-10,12,17H2,1-2H3. The molecule has 21 heavy (non-hydrogen) atoms. The van der Waals surface area contributed by atoms with Crippen molar-refractivity contribution >= 4 is 11.7 Å². The first-order chi connectivity index (χ1) is 10.2. The molecule has 0 saturated carbocycles. The summed E-state index contributed by atoms with van der Waals surface area (Å²) in [5.74, 6) is 1.46. The number of nitrogens with zero attached hydrogens (tertiary/aromatic N) is 3. The van der Waals surface area contributed by atoms with E-state index in [4.69, 9.17) is 5.73 Å². The molecule has 116 valence electrons. The summed E-state index contributed by atoms with van der Waals surface area (Å²) >= 11 is 0. The van der Waals surface area contributed by atoms with E-state index >= 15 is 0 Å². The lowest BCUT2D eigenvalue weighted by Crippen LogP contribution is -2.30. The average Bonchev–Trinajstić information content (AvgIpc) is 3.01. The van der Waals surface area contributed by atoms with Crippen LogP contribution in [0.4, 0.5) is 5.82 Å². The molecule has 2 N–H and O–H groups in total. The van der Waals surface area contributed by atoms with Crippen LogP contribution in [0, 0.1) is 5.92 Å². The fourth-order valence-corrected chi connectivity index (χ4v) is 2.80. The van der Waals surface area contributed by atoms with Gasteiger partial charge >= 0.3 is 0 Å². The van der Waals surface area contributed by atoms with Crippen LogP contribution < -0.4 is 10.6 Å². The fourth-order valence-electron chi connectivity index (χ4n) is 2.80. The van der Waals surface area contributed by atoms with Crippen molar-refractivity contribution in [2.45, 2.75) is 26.7 Å². The molecule has 0 bridgehead atoms. The van der Waals surface area contributed by atoms with Crippen molar-refractivity contribution in [1.82, 2.24) is 9.88 Å². The number of amides is 1. The quantitative estimate of drug-likeness (QED) is 0.867. The van der Waals surface area contributed by atoms with Crippen LogP contribution in [0.2, 0.25) is 0 Å². The molecule has 0 aliphatic carbocycles. The zero-order chi connectivity index (χ0) is 15.2. The van der Waals surface area contributed by atoms with Crippen LogP contribution in [0.15, 0.2) is 18.3 Å². The Kier molecular flexibility index (Phi) is 5.56. The highest BCUT2D eigenvalue weighted by Gasteiger charge is 2.26. The van der Waals surface area contributed by atoms with Gasteiger partial charge in [-0.2, -0.15) is 0 Å². The van der Waals surface area contributed by atoms with Crippen molar-refractivity contribution < 1.29 is 4.79 Å². The second kappa shape index (κ2) is 7.41. The zero-order valence-electron chi connectivity index (χ0n) is 13.1. The number of likely N-dealkylation sites (tertiary alicyclic amines) is 1. The summed E-state index contributed by atoms with van der Waals surface area (Å²) < 4.78 is 0. The molecule has 0 aromatic carbocycles. The van der Waals surface area contributed by atoms with Crippen molar-refractivity contribution in [1.29, 1.82) is 0 Å². The number of hydrogen-bond donors (Lipinski definition) is 1. The molecule has 1 saturated heterocycles. The number of hydrogen-bond acceptors (Lipinski definition) is 4. The normalized spacial score (nSPS) is 18.0. The Labute approximate surface area is 127 Å². The van der Waals surface area contributed by atoms with Crippen molar-refractivity contribution in [3.8, 4) is 0 Å². The molecule has 1 aliphatic rings. The summed E-state index contributed by atoms with van der Waals surface area (Å²) in [5, 5.41) is 0. The van der Waals surface area contributed by atoms with Crippen LogP contribution in [-0.4, -0.2) is 48.5 Å². The van der Waals surface area contributed by atoms with Gasteiger partial charge in [0.15, 0.2) is 0 Å². The van der Waals surface area contributed by atoms with Gasteiger partial charge in [0, 0.05) is 32.4 Å². The van der Waals surface area contributed by atoms with Gasteiger partial charge < -0.3 is 15.5 Å². The Balaban J connectivity index is 2.03. The molecule has 1 aliphatic heterocycles. The summed E-state index contributed by atoms with van der Waals surface area (Å²) in [6, 6.07) is 3.83. The van der Waals surface area contributed by atoms with Gasteiger partial charge in [-0.3, -0.25) is 4.79 Å². The van der Waals surface area contributed by atoms with Gasteiger partial charge in [-0.05, 0) is 44.4 Å². The van der Waals surface area contributed by atoms with Gasteiger partial charge in [0.1, 0.15) is 5.82 Å². The minimum absolute atomic E-state index is 0.0727. The first-order valence-corrected chi connectivity index (χ1v) is 7.89. The largest absolute Gasteiger partial charge is 0.357 e. The van der Waals surface area contributed by atoms with Gasteiger partial charge in [0.25, 0.3) is 5.91 Å². The SMILES string of the molecule is CCCN(CC)c1ccc(C(=O)N2CCC(CN)C2)cn1. The maximum Gasteiger partial charge on any atom is 0.255 e. The van der Waals surface area contributed by atoms with E-state index in [9.17, 15) is 4.79 Å². The minimum atomic E-state index is 0.0727. The molecule has 5 nitrogen and oxygen atoms in total. The molecule has 1 atom stereocenters. The van der Waals surface area contributed by atoms with E-state index in [0.717, 1.165) is 44.8 Å². The highest BCUT2D eigenvalue weighted by Crippen LogP contribution is 2.18. The molecule has 1 aromatic rings. The van der Waals surface area contributed by atoms with Gasteiger partial charge in [-0.15, -0.1) is 0 Å². The Morgan fingerprint density at radius 3 is 2.81 bits per heavy atom. The number of carbonyl (C=O) groups is 1. The minimum Gasteiger partial charge on any atom is -0.357 e. The smallest absolute Gasteiger partial charge is 0.255 e. The van der Waals surface area contributed by atoms with Crippen molar-refractivity contribution in [3.05, 3.63) is 23.9 Å². The van der Waals surface area contributed by atoms with E-state index < -0.39 is 0 Å². The van der Waals surface area contributed by atoms with Crippen LogP contribution >= 0.6 is 0 Å². The third-order valence-electron chi connectivity index (χ3n) is 4.10. The van der Waals surface area contributed by atoms with Crippen molar-refractivity contribution in [2.75, 3.05) is 37.6 Å². The van der Waals surface area contributed by atoms with E-state index in [0.29, 0.717) is 18.0 Å². The number of aromatic nitrogens is 1. The predicted molar refractivity (Wildman–Crippen MR) is 85.5 cm³/mol. The van der Waals surface area contributed by atoms with Crippen LogP contribution in [-0.2, 0) is 0 Å². The third kappa shape index (κ3) is 3.73. The van der Waals surface area contributed by atoms with E-state index in [1.165, 1.54) is 0 Å². The first kappa shape index (κ1) is 15.8. The Morgan fingerprint density at radius 2 is 2.29 bits per heavy atom. The number of nitrogens with two attached hydrogens (primary N) is 1. The van der Waals surface area contributed by atoms with Crippen molar-refractivity contribution in [3.63, 3.8) is 0 Å².